The summed E-state index contributed by atoms with van der Waals surface area (Å²) in [5, 5.41) is 0. The SMILES string of the molecule is COc1nccnc1C(=O)c1cc(C)cc(C)c1. The maximum Gasteiger partial charge on any atom is 0.243 e. The summed E-state index contributed by atoms with van der Waals surface area (Å²) in [5.41, 5.74) is 2.93. The number of nitrogens with zero attached hydrogens (tertiary/aromatic N) is 2. The Morgan fingerprint density at radius 1 is 1.06 bits per heavy atom. The second kappa shape index (κ2) is 4.96. The lowest BCUT2D eigenvalue weighted by Crippen LogP contribution is -2.08. The molecule has 0 N–H and O–H groups in total. The van der Waals surface area contributed by atoms with Crippen LogP contribution in [0.25, 0.3) is 0 Å². The quantitative estimate of drug-likeness (QED) is 0.775. The van der Waals surface area contributed by atoms with Crippen LogP contribution in [0.4, 0.5) is 0 Å². The summed E-state index contributed by atoms with van der Waals surface area (Å²) in [5.74, 6) is 0.0772. The van der Waals surface area contributed by atoms with Gasteiger partial charge in [-0.15, -0.1) is 0 Å². The summed E-state index contributed by atoms with van der Waals surface area (Å²) >= 11 is 0. The first-order chi connectivity index (χ1) is 8.61. The van der Waals surface area contributed by atoms with Gasteiger partial charge in [0.2, 0.25) is 11.7 Å². The fourth-order valence-corrected chi connectivity index (χ4v) is 1.87. The molecule has 0 atom stereocenters. The van der Waals surface area contributed by atoms with Gasteiger partial charge < -0.3 is 4.74 Å². The Balaban J connectivity index is 2.47. The molecule has 1 aromatic heterocycles. The van der Waals surface area contributed by atoms with Crippen LogP contribution >= 0.6 is 0 Å². The van der Waals surface area contributed by atoms with E-state index < -0.39 is 0 Å². The lowest BCUT2D eigenvalue weighted by molar-refractivity contribution is 0.103. The Kier molecular flexibility index (Phi) is 3.37. The van der Waals surface area contributed by atoms with Gasteiger partial charge in [-0.1, -0.05) is 17.2 Å². The first kappa shape index (κ1) is 12.2. The van der Waals surface area contributed by atoms with E-state index in [4.69, 9.17) is 4.74 Å². The van der Waals surface area contributed by atoms with Crippen molar-refractivity contribution in [1.29, 1.82) is 0 Å². The van der Waals surface area contributed by atoms with Gasteiger partial charge in [0.1, 0.15) is 0 Å². The number of carbonyl (C=O) groups excluding carboxylic acids is 1. The van der Waals surface area contributed by atoms with Gasteiger partial charge in [-0.25, -0.2) is 9.97 Å². The molecule has 4 nitrogen and oxygen atoms in total. The van der Waals surface area contributed by atoms with Gasteiger partial charge in [-0.2, -0.15) is 0 Å². The third-order valence-electron chi connectivity index (χ3n) is 2.56. The number of carbonyl (C=O) groups is 1. The molecule has 0 aliphatic carbocycles. The second-order valence-electron chi connectivity index (χ2n) is 4.12. The molecular formula is C14H14N2O2. The molecule has 2 aromatic rings. The molecule has 0 bridgehead atoms. The van der Waals surface area contributed by atoms with Crippen LogP contribution in [0.2, 0.25) is 0 Å². The van der Waals surface area contributed by atoms with Gasteiger partial charge in [0.25, 0.3) is 0 Å². The van der Waals surface area contributed by atoms with Crippen molar-refractivity contribution in [3.63, 3.8) is 0 Å². The molecule has 0 aliphatic heterocycles. The number of ketones is 1. The van der Waals surface area contributed by atoms with Crippen molar-refractivity contribution in [2.24, 2.45) is 0 Å². The smallest absolute Gasteiger partial charge is 0.243 e. The minimum absolute atomic E-state index is 0.174. The van der Waals surface area contributed by atoms with E-state index in [1.807, 2.05) is 32.0 Å². The van der Waals surface area contributed by atoms with Crippen molar-refractivity contribution in [3.8, 4) is 5.88 Å². The van der Waals surface area contributed by atoms with Crippen molar-refractivity contribution in [3.05, 3.63) is 53.0 Å². The molecule has 0 radical (unpaired) electrons. The van der Waals surface area contributed by atoms with Gasteiger partial charge in [0, 0.05) is 18.0 Å². The minimum atomic E-state index is -0.174. The van der Waals surface area contributed by atoms with Crippen molar-refractivity contribution in [1.82, 2.24) is 9.97 Å². The molecule has 0 saturated carbocycles. The molecule has 1 heterocycles. The highest BCUT2D eigenvalue weighted by Crippen LogP contribution is 2.18. The number of rotatable bonds is 3. The lowest BCUT2D eigenvalue weighted by atomic mass is 10.0. The zero-order valence-electron chi connectivity index (χ0n) is 10.6. The third kappa shape index (κ3) is 2.37. The Labute approximate surface area is 106 Å². The Bertz CT molecular complexity index is 574. The first-order valence-corrected chi connectivity index (χ1v) is 5.60. The number of benzene rings is 1. The van der Waals surface area contributed by atoms with E-state index in [0.29, 0.717) is 5.56 Å². The van der Waals surface area contributed by atoms with E-state index in [9.17, 15) is 4.79 Å². The number of ether oxygens (including phenoxy) is 1. The highest BCUT2D eigenvalue weighted by atomic mass is 16.5. The predicted octanol–water partition coefficient (Wildman–Crippen LogP) is 2.33. The van der Waals surface area contributed by atoms with Crippen molar-refractivity contribution in [2.45, 2.75) is 13.8 Å². The van der Waals surface area contributed by atoms with E-state index in [1.54, 1.807) is 0 Å². The number of aryl methyl sites for hydroxylation is 2. The van der Waals surface area contributed by atoms with Crippen LogP contribution in [-0.2, 0) is 0 Å². The van der Waals surface area contributed by atoms with Crippen LogP contribution in [-0.4, -0.2) is 22.9 Å². The van der Waals surface area contributed by atoms with E-state index >= 15 is 0 Å². The zero-order chi connectivity index (χ0) is 13.1. The third-order valence-corrected chi connectivity index (χ3v) is 2.56. The molecule has 92 valence electrons. The molecule has 4 heteroatoms. The van der Waals surface area contributed by atoms with Crippen LogP contribution in [0.15, 0.2) is 30.6 Å². The highest BCUT2D eigenvalue weighted by molar-refractivity contribution is 6.09. The van der Waals surface area contributed by atoms with Crippen molar-refractivity contribution in [2.75, 3.05) is 7.11 Å². The zero-order valence-corrected chi connectivity index (χ0v) is 10.6. The van der Waals surface area contributed by atoms with E-state index in [-0.39, 0.29) is 17.4 Å². The number of aromatic nitrogens is 2. The number of hydrogen-bond acceptors (Lipinski definition) is 4. The Morgan fingerprint density at radius 3 is 2.28 bits per heavy atom. The van der Waals surface area contributed by atoms with Gasteiger partial charge in [-0.3, -0.25) is 4.79 Å². The van der Waals surface area contributed by atoms with Gasteiger partial charge in [0.05, 0.1) is 7.11 Å². The fraction of sp³-hybridized carbons (Fsp3) is 0.214. The number of hydrogen-bond donors (Lipinski definition) is 0. The summed E-state index contributed by atoms with van der Waals surface area (Å²) < 4.78 is 5.05. The lowest BCUT2D eigenvalue weighted by Gasteiger charge is -2.06. The molecule has 0 spiro atoms. The molecule has 0 amide bonds. The summed E-state index contributed by atoms with van der Waals surface area (Å²) in [6.45, 7) is 3.91. The normalized spacial score (nSPS) is 10.2. The van der Waals surface area contributed by atoms with Crippen LogP contribution in [0.3, 0.4) is 0 Å². The van der Waals surface area contributed by atoms with Crippen LogP contribution in [0.1, 0.15) is 27.2 Å². The molecular weight excluding hydrogens is 228 g/mol. The van der Waals surface area contributed by atoms with Crippen molar-refractivity contribution < 1.29 is 9.53 Å². The molecule has 0 fully saturated rings. The van der Waals surface area contributed by atoms with Crippen LogP contribution in [0, 0.1) is 13.8 Å². The minimum Gasteiger partial charge on any atom is -0.479 e. The number of methoxy groups -OCH3 is 1. The first-order valence-electron chi connectivity index (χ1n) is 5.60. The molecule has 1 aromatic carbocycles. The van der Waals surface area contributed by atoms with Crippen LogP contribution in [0.5, 0.6) is 5.88 Å². The standard InChI is InChI=1S/C14H14N2O2/c1-9-6-10(2)8-11(7-9)13(17)12-14(18-3)16-5-4-15-12/h4-8H,1-3H3. The molecule has 0 saturated heterocycles. The molecule has 0 unspecified atom stereocenters. The maximum atomic E-state index is 12.3. The van der Waals surface area contributed by atoms with Crippen LogP contribution < -0.4 is 4.74 Å². The Hall–Kier alpha value is -2.23. The summed E-state index contributed by atoms with van der Waals surface area (Å²) in [6.07, 6.45) is 2.98. The molecule has 18 heavy (non-hydrogen) atoms. The van der Waals surface area contributed by atoms with Crippen molar-refractivity contribution >= 4 is 5.78 Å². The average Bonchev–Trinajstić information content (AvgIpc) is 2.36. The average molecular weight is 242 g/mol. The van der Waals surface area contributed by atoms with E-state index in [1.165, 1.54) is 19.5 Å². The summed E-state index contributed by atoms with van der Waals surface area (Å²) in [6, 6.07) is 5.69. The molecule has 2 rings (SSSR count). The summed E-state index contributed by atoms with van der Waals surface area (Å²) in [7, 11) is 1.47. The van der Waals surface area contributed by atoms with Gasteiger partial charge >= 0.3 is 0 Å². The largest absolute Gasteiger partial charge is 0.479 e. The van der Waals surface area contributed by atoms with Gasteiger partial charge in [0.15, 0.2) is 5.69 Å². The monoisotopic (exact) mass is 242 g/mol. The second-order valence-corrected chi connectivity index (χ2v) is 4.12. The fourth-order valence-electron chi connectivity index (χ4n) is 1.87. The maximum absolute atomic E-state index is 12.3. The topological polar surface area (TPSA) is 52.1 Å². The van der Waals surface area contributed by atoms with E-state index in [2.05, 4.69) is 9.97 Å². The highest BCUT2D eigenvalue weighted by Gasteiger charge is 2.17. The summed E-state index contributed by atoms with van der Waals surface area (Å²) in [4.78, 5) is 20.4. The predicted molar refractivity (Wildman–Crippen MR) is 67.9 cm³/mol. The molecule has 0 aliphatic rings. The Morgan fingerprint density at radius 2 is 1.67 bits per heavy atom. The van der Waals surface area contributed by atoms with Gasteiger partial charge in [-0.05, 0) is 26.0 Å². The van der Waals surface area contributed by atoms with E-state index in [0.717, 1.165) is 11.1 Å².